The molecule has 0 unspecified atom stereocenters. The maximum Gasteiger partial charge on any atom is 0.261 e. The summed E-state index contributed by atoms with van der Waals surface area (Å²) in [6.07, 6.45) is 6.52. The van der Waals surface area contributed by atoms with E-state index < -0.39 is 9.05 Å². The Morgan fingerprint density at radius 2 is 1.27 bits per heavy atom. The predicted molar refractivity (Wildman–Crippen MR) is 85.9 cm³/mol. The topological polar surface area (TPSA) is 59.9 Å². The zero-order chi connectivity index (χ0) is 15.6. The number of nitrogens with zero attached hydrogens (tertiary/aromatic N) is 2. The average Bonchev–Trinajstić information content (AvgIpc) is 2.55. The minimum absolute atomic E-state index is 0.0784. The molecular formula is C16H11ClN2O2S. The Hall–Kier alpha value is -2.24. The van der Waals surface area contributed by atoms with Crippen molar-refractivity contribution in [1.82, 2.24) is 9.97 Å². The molecule has 4 nitrogen and oxygen atoms in total. The highest BCUT2D eigenvalue weighted by Crippen LogP contribution is 2.33. The van der Waals surface area contributed by atoms with Crippen molar-refractivity contribution in [3.05, 3.63) is 67.3 Å². The molecule has 3 rings (SSSR count). The highest BCUT2D eigenvalue weighted by Gasteiger charge is 2.18. The molecule has 110 valence electrons. The molecule has 0 saturated heterocycles. The van der Waals surface area contributed by atoms with E-state index in [0.29, 0.717) is 5.56 Å². The molecule has 0 saturated carbocycles. The Bertz CT molecular complexity index is 898. The van der Waals surface area contributed by atoms with Crippen LogP contribution >= 0.6 is 10.7 Å². The quantitative estimate of drug-likeness (QED) is 0.686. The van der Waals surface area contributed by atoms with E-state index in [-0.39, 0.29) is 4.90 Å². The number of pyridine rings is 2. The summed E-state index contributed by atoms with van der Waals surface area (Å²) in [4.78, 5) is 7.97. The Kier molecular flexibility index (Phi) is 3.92. The fraction of sp³-hybridized carbons (Fsp3) is 0. The van der Waals surface area contributed by atoms with Crippen molar-refractivity contribution in [1.29, 1.82) is 0 Å². The zero-order valence-electron chi connectivity index (χ0n) is 11.3. The second-order valence-corrected chi connectivity index (χ2v) is 7.15. The third kappa shape index (κ3) is 3.00. The van der Waals surface area contributed by atoms with Crippen molar-refractivity contribution in [2.45, 2.75) is 4.90 Å². The number of halogens is 1. The largest absolute Gasteiger partial charge is 0.265 e. The van der Waals surface area contributed by atoms with E-state index in [4.69, 9.17) is 10.7 Å². The van der Waals surface area contributed by atoms with Gasteiger partial charge in [-0.2, -0.15) is 0 Å². The maximum absolute atomic E-state index is 11.9. The summed E-state index contributed by atoms with van der Waals surface area (Å²) in [5.41, 5.74) is 2.93. The molecular weight excluding hydrogens is 320 g/mol. The third-order valence-electron chi connectivity index (χ3n) is 3.25. The molecule has 3 aromatic rings. The molecule has 0 aliphatic heterocycles. The lowest BCUT2D eigenvalue weighted by Crippen LogP contribution is -1.96. The highest BCUT2D eigenvalue weighted by molar-refractivity contribution is 8.13. The van der Waals surface area contributed by atoms with Gasteiger partial charge in [-0.3, -0.25) is 9.97 Å². The zero-order valence-corrected chi connectivity index (χ0v) is 12.9. The van der Waals surface area contributed by atoms with Crippen LogP contribution < -0.4 is 0 Å². The van der Waals surface area contributed by atoms with Crippen LogP contribution in [0.25, 0.3) is 22.3 Å². The maximum atomic E-state index is 11.9. The Morgan fingerprint density at radius 3 is 1.82 bits per heavy atom. The fourth-order valence-corrected chi connectivity index (χ4v) is 3.32. The van der Waals surface area contributed by atoms with Crippen molar-refractivity contribution in [3.63, 3.8) is 0 Å². The standard InChI is InChI=1S/C16H11ClN2O2S/c17-22(20,21)16-11-14(12-3-7-18-8-4-12)1-2-15(16)13-5-9-19-10-6-13/h1-11H. The summed E-state index contributed by atoms with van der Waals surface area (Å²) in [5.74, 6) is 0. The summed E-state index contributed by atoms with van der Waals surface area (Å²) < 4.78 is 23.9. The minimum Gasteiger partial charge on any atom is -0.265 e. The van der Waals surface area contributed by atoms with E-state index in [9.17, 15) is 8.42 Å². The van der Waals surface area contributed by atoms with Gasteiger partial charge in [0.25, 0.3) is 9.05 Å². The molecule has 0 bridgehead atoms. The monoisotopic (exact) mass is 330 g/mol. The van der Waals surface area contributed by atoms with E-state index in [2.05, 4.69) is 9.97 Å². The van der Waals surface area contributed by atoms with Gasteiger partial charge in [0.05, 0.1) is 4.90 Å². The Balaban J connectivity index is 2.22. The Morgan fingerprint density at radius 1 is 0.727 bits per heavy atom. The van der Waals surface area contributed by atoms with Gasteiger partial charge in [0, 0.05) is 41.0 Å². The minimum atomic E-state index is -3.88. The van der Waals surface area contributed by atoms with Crippen LogP contribution in [-0.4, -0.2) is 18.4 Å². The van der Waals surface area contributed by atoms with Crippen LogP contribution in [0.1, 0.15) is 0 Å². The Labute approximate surface area is 132 Å². The lowest BCUT2D eigenvalue weighted by Gasteiger charge is -2.10. The molecule has 2 aromatic heterocycles. The van der Waals surface area contributed by atoms with Gasteiger partial charge in [-0.15, -0.1) is 0 Å². The predicted octanol–water partition coefficient (Wildman–Crippen LogP) is 3.74. The van der Waals surface area contributed by atoms with E-state index in [0.717, 1.165) is 16.7 Å². The summed E-state index contributed by atoms with van der Waals surface area (Å²) in [6, 6.07) is 12.3. The smallest absolute Gasteiger partial charge is 0.261 e. The van der Waals surface area contributed by atoms with Gasteiger partial charge in [0.15, 0.2) is 0 Å². The molecule has 0 N–H and O–H groups in total. The van der Waals surface area contributed by atoms with E-state index in [1.165, 1.54) is 0 Å². The number of aromatic nitrogens is 2. The van der Waals surface area contributed by atoms with Gasteiger partial charge in [0.2, 0.25) is 0 Å². The number of rotatable bonds is 3. The summed E-state index contributed by atoms with van der Waals surface area (Å²) in [5, 5.41) is 0. The summed E-state index contributed by atoms with van der Waals surface area (Å²) >= 11 is 0. The van der Waals surface area contributed by atoms with Gasteiger partial charge in [0.1, 0.15) is 0 Å². The third-order valence-corrected chi connectivity index (χ3v) is 4.61. The van der Waals surface area contributed by atoms with Gasteiger partial charge < -0.3 is 0 Å². The summed E-state index contributed by atoms with van der Waals surface area (Å²) in [6.45, 7) is 0. The van der Waals surface area contributed by atoms with Crippen molar-refractivity contribution < 1.29 is 8.42 Å². The lowest BCUT2D eigenvalue weighted by atomic mass is 10.0. The number of hydrogen-bond donors (Lipinski definition) is 0. The molecule has 2 heterocycles. The van der Waals surface area contributed by atoms with E-state index in [1.807, 2.05) is 18.2 Å². The molecule has 0 atom stereocenters. The van der Waals surface area contributed by atoms with Crippen LogP contribution in [0.4, 0.5) is 0 Å². The molecule has 0 amide bonds. The SMILES string of the molecule is O=S(=O)(Cl)c1cc(-c2ccncc2)ccc1-c1ccncc1. The fourth-order valence-electron chi connectivity index (χ4n) is 2.22. The molecule has 6 heteroatoms. The normalized spacial score (nSPS) is 11.3. The van der Waals surface area contributed by atoms with Crippen molar-refractivity contribution in [3.8, 4) is 22.3 Å². The van der Waals surface area contributed by atoms with Gasteiger partial charge in [-0.1, -0.05) is 12.1 Å². The molecule has 0 aliphatic rings. The van der Waals surface area contributed by atoms with E-state index in [1.54, 1.807) is 49.1 Å². The first kappa shape index (κ1) is 14.7. The van der Waals surface area contributed by atoms with E-state index >= 15 is 0 Å². The highest BCUT2D eigenvalue weighted by atomic mass is 35.7. The second kappa shape index (κ2) is 5.87. The van der Waals surface area contributed by atoms with Crippen molar-refractivity contribution in [2.75, 3.05) is 0 Å². The van der Waals surface area contributed by atoms with Gasteiger partial charge in [-0.05, 0) is 47.0 Å². The average molecular weight is 331 g/mol. The first-order chi connectivity index (χ1) is 10.6. The van der Waals surface area contributed by atoms with Crippen molar-refractivity contribution >= 4 is 19.7 Å². The summed E-state index contributed by atoms with van der Waals surface area (Å²) in [7, 11) is 1.74. The van der Waals surface area contributed by atoms with Crippen LogP contribution in [0.2, 0.25) is 0 Å². The molecule has 0 fully saturated rings. The first-order valence-corrected chi connectivity index (χ1v) is 8.76. The number of hydrogen-bond acceptors (Lipinski definition) is 4. The van der Waals surface area contributed by atoms with Crippen LogP contribution in [0.5, 0.6) is 0 Å². The molecule has 0 aliphatic carbocycles. The van der Waals surface area contributed by atoms with Crippen LogP contribution in [0.3, 0.4) is 0 Å². The molecule has 22 heavy (non-hydrogen) atoms. The number of benzene rings is 1. The molecule has 0 radical (unpaired) electrons. The lowest BCUT2D eigenvalue weighted by molar-refractivity contribution is 0.610. The van der Waals surface area contributed by atoms with Crippen LogP contribution in [0, 0.1) is 0 Å². The van der Waals surface area contributed by atoms with Gasteiger partial charge in [-0.25, -0.2) is 8.42 Å². The molecule has 1 aromatic carbocycles. The molecule has 0 spiro atoms. The first-order valence-electron chi connectivity index (χ1n) is 6.45. The van der Waals surface area contributed by atoms with Crippen LogP contribution in [0.15, 0.2) is 72.1 Å². The van der Waals surface area contributed by atoms with Gasteiger partial charge >= 0.3 is 0 Å². The second-order valence-electron chi connectivity index (χ2n) is 4.62. The van der Waals surface area contributed by atoms with Crippen molar-refractivity contribution in [2.24, 2.45) is 0 Å². The van der Waals surface area contributed by atoms with Crippen LogP contribution in [-0.2, 0) is 9.05 Å².